The maximum Gasteiger partial charge on any atom is 0.274 e. The third kappa shape index (κ3) is 4.29. The highest BCUT2D eigenvalue weighted by Crippen LogP contribution is 2.24. The summed E-state index contributed by atoms with van der Waals surface area (Å²) in [5.41, 5.74) is 2.97. The Bertz CT molecular complexity index is 712. The molecule has 0 fully saturated rings. The van der Waals surface area contributed by atoms with Gasteiger partial charge in [0.1, 0.15) is 0 Å². The molecule has 2 rings (SSSR count). The zero-order chi connectivity index (χ0) is 16.8. The van der Waals surface area contributed by atoms with Gasteiger partial charge in [0.15, 0.2) is 0 Å². The fraction of sp³-hybridized carbons (Fsp3) is 0.235. The van der Waals surface area contributed by atoms with Crippen LogP contribution < -0.4 is 10.6 Å². The van der Waals surface area contributed by atoms with Gasteiger partial charge in [-0.2, -0.15) is 0 Å². The van der Waals surface area contributed by atoms with Crippen molar-refractivity contribution in [3.05, 3.63) is 63.7 Å². The van der Waals surface area contributed by atoms with Crippen LogP contribution in [0.25, 0.3) is 0 Å². The van der Waals surface area contributed by atoms with Crippen LogP contribution >= 0.6 is 0 Å². The lowest BCUT2D eigenvalue weighted by atomic mass is 10.1. The van der Waals surface area contributed by atoms with Crippen molar-refractivity contribution >= 4 is 23.0 Å². The number of carbonyl (C=O) groups is 1. The number of rotatable bonds is 6. The molecule has 0 spiro atoms. The largest absolute Gasteiger partial charge is 0.376 e. The van der Waals surface area contributed by atoms with E-state index in [2.05, 4.69) is 17.6 Å². The van der Waals surface area contributed by atoms with Crippen LogP contribution in [-0.2, 0) is 11.2 Å². The number of hydrogen-bond acceptors (Lipinski definition) is 4. The molecule has 0 aliphatic rings. The number of anilines is 2. The first-order valence-corrected chi connectivity index (χ1v) is 7.38. The normalized spacial score (nSPS) is 10.2. The van der Waals surface area contributed by atoms with Gasteiger partial charge >= 0.3 is 0 Å². The number of nitrogens with zero attached hydrogens (tertiary/aromatic N) is 1. The van der Waals surface area contributed by atoms with E-state index < -0.39 is 4.92 Å². The molecule has 120 valence electrons. The third-order valence-electron chi connectivity index (χ3n) is 3.59. The first-order valence-electron chi connectivity index (χ1n) is 7.38. The molecule has 0 unspecified atom stereocenters. The molecule has 2 N–H and O–H groups in total. The highest BCUT2D eigenvalue weighted by Gasteiger charge is 2.14. The quantitative estimate of drug-likeness (QED) is 0.631. The predicted molar refractivity (Wildman–Crippen MR) is 90.8 cm³/mol. The molecule has 1 amide bonds. The molecule has 6 heteroatoms. The molecule has 2 aromatic carbocycles. The van der Waals surface area contributed by atoms with Crippen LogP contribution in [0.2, 0.25) is 0 Å². The van der Waals surface area contributed by atoms with Gasteiger partial charge in [-0.3, -0.25) is 14.9 Å². The molecule has 0 aliphatic heterocycles. The average Bonchev–Trinajstić information content (AvgIpc) is 2.55. The second-order valence-corrected chi connectivity index (χ2v) is 5.16. The van der Waals surface area contributed by atoms with E-state index in [9.17, 15) is 14.9 Å². The van der Waals surface area contributed by atoms with Crippen LogP contribution in [0.1, 0.15) is 18.1 Å². The Morgan fingerprint density at radius 2 is 1.87 bits per heavy atom. The molecule has 0 atom stereocenters. The third-order valence-corrected chi connectivity index (χ3v) is 3.59. The molecule has 0 bridgehead atoms. The van der Waals surface area contributed by atoms with Gasteiger partial charge in [0, 0.05) is 11.8 Å². The van der Waals surface area contributed by atoms with Gasteiger partial charge in [-0.25, -0.2) is 0 Å². The lowest BCUT2D eigenvalue weighted by Crippen LogP contribution is -2.22. The number of aryl methyl sites for hydroxylation is 1. The van der Waals surface area contributed by atoms with Gasteiger partial charge in [0.2, 0.25) is 5.91 Å². The van der Waals surface area contributed by atoms with E-state index in [4.69, 9.17) is 0 Å². The van der Waals surface area contributed by atoms with Crippen LogP contribution in [0, 0.1) is 17.0 Å². The van der Waals surface area contributed by atoms with Crippen molar-refractivity contribution < 1.29 is 9.72 Å². The minimum Gasteiger partial charge on any atom is -0.376 e. The van der Waals surface area contributed by atoms with Crippen molar-refractivity contribution in [3.63, 3.8) is 0 Å². The summed E-state index contributed by atoms with van der Waals surface area (Å²) < 4.78 is 0. The molecule has 0 heterocycles. The highest BCUT2D eigenvalue weighted by molar-refractivity contribution is 5.94. The Hall–Kier alpha value is -2.89. The Kier molecular flexibility index (Phi) is 5.30. The van der Waals surface area contributed by atoms with Crippen molar-refractivity contribution in [2.45, 2.75) is 20.3 Å². The number of benzene rings is 2. The minimum atomic E-state index is -0.460. The summed E-state index contributed by atoms with van der Waals surface area (Å²) in [7, 11) is 0. The van der Waals surface area contributed by atoms with Gasteiger partial charge in [-0.15, -0.1) is 0 Å². The molecule has 23 heavy (non-hydrogen) atoms. The summed E-state index contributed by atoms with van der Waals surface area (Å²) in [6.45, 7) is 3.79. The van der Waals surface area contributed by atoms with Crippen molar-refractivity contribution in [3.8, 4) is 0 Å². The van der Waals surface area contributed by atoms with E-state index in [1.165, 1.54) is 11.6 Å². The minimum absolute atomic E-state index is 0.00841. The second kappa shape index (κ2) is 7.40. The number of hydrogen-bond donors (Lipinski definition) is 2. The van der Waals surface area contributed by atoms with Gasteiger partial charge < -0.3 is 10.6 Å². The smallest absolute Gasteiger partial charge is 0.274 e. The summed E-state index contributed by atoms with van der Waals surface area (Å²) in [6, 6.07) is 12.5. The molecular weight excluding hydrogens is 294 g/mol. The lowest BCUT2D eigenvalue weighted by molar-refractivity contribution is -0.385. The number of nitrogens with one attached hydrogen (secondary N) is 2. The molecule has 0 aliphatic carbocycles. The van der Waals surface area contributed by atoms with Crippen LogP contribution in [0.4, 0.5) is 17.1 Å². The van der Waals surface area contributed by atoms with Crippen molar-refractivity contribution in [2.75, 3.05) is 17.2 Å². The van der Waals surface area contributed by atoms with Gasteiger partial charge in [0.25, 0.3) is 5.69 Å². The SMILES string of the molecule is CCc1ccc(NCC(=O)Nc2cccc([N+](=O)[O-])c2C)cc1. The van der Waals surface area contributed by atoms with E-state index >= 15 is 0 Å². The summed E-state index contributed by atoms with van der Waals surface area (Å²) in [5, 5.41) is 16.6. The number of nitro groups is 1. The van der Waals surface area contributed by atoms with Gasteiger partial charge in [-0.1, -0.05) is 25.1 Å². The standard InChI is InChI=1S/C17H19N3O3/c1-3-13-7-9-14(10-8-13)18-11-17(21)19-15-5-4-6-16(12(15)2)20(22)23/h4-10,18H,3,11H2,1-2H3,(H,19,21). The zero-order valence-electron chi connectivity index (χ0n) is 13.1. The zero-order valence-corrected chi connectivity index (χ0v) is 13.1. The Labute approximate surface area is 134 Å². The molecular formula is C17H19N3O3. The van der Waals surface area contributed by atoms with E-state index in [1.807, 2.05) is 24.3 Å². The first-order chi connectivity index (χ1) is 11.0. The molecule has 0 radical (unpaired) electrons. The number of amides is 1. The Morgan fingerprint density at radius 1 is 1.17 bits per heavy atom. The number of carbonyl (C=O) groups excluding carboxylic acids is 1. The second-order valence-electron chi connectivity index (χ2n) is 5.16. The van der Waals surface area contributed by atoms with E-state index in [1.54, 1.807) is 19.1 Å². The highest BCUT2D eigenvalue weighted by atomic mass is 16.6. The first kappa shape index (κ1) is 16.5. The van der Waals surface area contributed by atoms with Crippen LogP contribution in [0.3, 0.4) is 0 Å². The molecule has 2 aromatic rings. The molecule has 0 saturated heterocycles. The van der Waals surface area contributed by atoms with Crippen LogP contribution in [0.5, 0.6) is 0 Å². The molecule has 6 nitrogen and oxygen atoms in total. The molecule has 0 saturated carbocycles. The van der Waals surface area contributed by atoms with E-state index in [0.29, 0.717) is 11.3 Å². The fourth-order valence-electron chi connectivity index (χ4n) is 2.19. The van der Waals surface area contributed by atoms with Gasteiger partial charge in [0.05, 0.1) is 22.7 Å². The van der Waals surface area contributed by atoms with E-state index in [0.717, 1.165) is 12.1 Å². The van der Waals surface area contributed by atoms with E-state index in [-0.39, 0.29) is 18.1 Å². The topological polar surface area (TPSA) is 84.3 Å². The maximum absolute atomic E-state index is 12.0. The summed E-state index contributed by atoms with van der Waals surface area (Å²) in [4.78, 5) is 22.4. The molecule has 0 aromatic heterocycles. The van der Waals surface area contributed by atoms with Crippen LogP contribution in [0.15, 0.2) is 42.5 Å². The van der Waals surface area contributed by atoms with Crippen LogP contribution in [-0.4, -0.2) is 17.4 Å². The summed E-state index contributed by atoms with van der Waals surface area (Å²) in [5.74, 6) is -0.256. The van der Waals surface area contributed by atoms with Crippen molar-refractivity contribution in [2.24, 2.45) is 0 Å². The van der Waals surface area contributed by atoms with Gasteiger partial charge in [-0.05, 0) is 37.1 Å². The van der Waals surface area contributed by atoms with Crippen molar-refractivity contribution in [1.82, 2.24) is 0 Å². The summed E-state index contributed by atoms with van der Waals surface area (Å²) in [6.07, 6.45) is 0.965. The lowest BCUT2D eigenvalue weighted by Gasteiger charge is -2.10. The predicted octanol–water partition coefficient (Wildman–Crippen LogP) is 3.52. The Morgan fingerprint density at radius 3 is 2.48 bits per heavy atom. The fourth-order valence-corrected chi connectivity index (χ4v) is 2.19. The number of nitro benzene ring substituents is 1. The average molecular weight is 313 g/mol. The van der Waals surface area contributed by atoms with Crippen molar-refractivity contribution in [1.29, 1.82) is 0 Å². The monoisotopic (exact) mass is 313 g/mol. The Balaban J connectivity index is 1.97. The maximum atomic E-state index is 12.0. The summed E-state index contributed by atoms with van der Waals surface area (Å²) >= 11 is 0.